The van der Waals surface area contributed by atoms with E-state index in [1.165, 1.54) is 18.2 Å². The molecular weight excluding hydrogens is 326 g/mol. The van der Waals surface area contributed by atoms with Gasteiger partial charge in [0.2, 0.25) is 0 Å². The number of halogens is 2. The van der Waals surface area contributed by atoms with E-state index in [1.54, 1.807) is 44.3 Å². The van der Waals surface area contributed by atoms with Crippen molar-refractivity contribution < 1.29 is 18.3 Å². The summed E-state index contributed by atoms with van der Waals surface area (Å²) in [5.74, 6) is -1.56. The Morgan fingerprint density at radius 2 is 1.80 bits per heavy atom. The highest BCUT2D eigenvalue weighted by atomic mass is 19.1. The van der Waals surface area contributed by atoms with Crippen LogP contribution in [0.3, 0.4) is 0 Å². The molecule has 0 aliphatic rings. The van der Waals surface area contributed by atoms with E-state index >= 15 is 0 Å². The monoisotopic (exact) mass is 348 g/mol. The highest BCUT2D eigenvalue weighted by Crippen LogP contribution is 2.24. The number of carbonyl (C=O) groups is 1. The summed E-state index contributed by atoms with van der Waals surface area (Å²) in [5, 5.41) is 2.75. The zero-order valence-corrected chi connectivity index (χ0v) is 14.6. The van der Waals surface area contributed by atoms with E-state index in [9.17, 15) is 13.6 Å². The molecule has 4 nitrogen and oxygen atoms in total. The predicted octanol–water partition coefficient (Wildman–Crippen LogP) is 3.14. The van der Waals surface area contributed by atoms with Gasteiger partial charge < -0.3 is 15.0 Å². The topological polar surface area (TPSA) is 41.6 Å². The molecule has 134 valence electrons. The Bertz CT molecular complexity index is 715. The Balaban J connectivity index is 2.14. The molecule has 0 unspecified atom stereocenters. The third-order valence-corrected chi connectivity index (χ3v) is 3.91. The molecule has 0 fully saturated rings. The van der Waals surface area contributed by atoms with Crippen LogP contribution in [0.5, 0.6) is 0 Å². The van der Waals surface area contributed by atoms with Crippen LogP contribution in [0.1, 0.15) is 27.5 Å². The van der Waals surface area contributed by atoms with E-state index < -0.39 is 17.7 Å². The smallest absolute Gasteiger partial charge is 0.251 e. The van der Waals surface area contributed by atoms with Crippen molar-refractivity contribution in [3.63, 3.8) is 0 Å². The maximum atomic E-state index is 14.1. The van der Waals surface area contributed by atoms with Crippen molar-refractivity contribution in [3.05, 3.63) is 70.8 Å². The van der Waals surface area contributed by atoms with Crippen molar-refractivity contribution in [1.82, 2.24) is 10.2 Å². The van der Waals surface area contributed by atoms with Crippen LogP contribution in [0.25, 0.3) is 0 Å². The van der Waals surface area contributed by atoms with Gasteiger partial charge >= 0.3 is 0 Å². The van der Waals surface area contributed by atoms with Crippen LogP contribution >= 0.6 is 0 Å². The number of hydrogen-bond donors (Lipinski definition) is 1. The molecule has 0 spiro atoms. The van der Waals surface area contributed by atoms with Gasteiger partial charge in [0.1, 0.15) is 11.6 Å². The zero-order valence-electron chi connectivity index (χ0n) is 14.6. The van der Waals surface area contributed by atoms with E-state index in [-0.39, 0.29) is 18.0 Å². The van der Waals surface area contributed by atoms with Crippen molar-refractivity contribution in [2.75, 3.05) is 27.7 Å². The molecule has 1 N–H and O–H groups in total. The van der Waals surface area contributed by atoms with Gasteiger partial charge in [-0.05, 0) is 43.9 Å². The van der Waals surface area contributed by atoms with Crippen LogP contribution in [0.4, 0.5) is 8.78 Å². The minimum Gasteiger partial charge on any atom is -0.380 e. The molecule has 0 saturated carbocycles. The van der Waals surface area contributed by atoms with Gasteiger partial charge in [0.05, 0.1) is 12.6 Å². The van der Waals surface area contributed by atoms with Crippen LogP contribution in [0.15, 0.2) is 42.5 Å². The standard InChI is InChI=1S/C19H22F2N2O2/c1-23(2)17(18-15(20)8-5-9-16(18)21)11-22-19(24)14-7-4-6-13(10-14)12-25-3/h4-10,17H,11-12H2,1-3H3,(H,22,24)/t17-/m1/s1. The summed E-state index contributed by atoms with van der Waals surface area (Å²) in [7, 11) is 5.00. The fourth-order valence-corrected chi connectivity index (χ4v) is 2.63. The normalized spacial score (nSPS) is 12.2. The third kappa shape index (κ3) is 4.84. The number of ether oxygens (including phenoxy) is 1. The van der Waals surface area contributed by atoms with Crippen LogP contribution in [-0.4, -0.2) is 38.6 Å². The number of benzene rings is 2. The van der Waals surface area contributed by atoms with Gasteiger partial charge in [0, 0.05) is 24.8 Å². The number of hydrogen-bond acceptors (Lipinski definition) is 3. The Kier molecular flexibility index (Phi) is 6.61. The second-order valence-electron chi connectivity index (χ2n) is 5.96. The van der Waals surface area contributed by atoms with E-state index in [2.05, 4.69) is 5.32 Å². The molecular formula is C19H22F2N2O2. The molecule has 0 aliphatic heterocycles. The summed E-state index contributed by atoms with van der Waals surface area (Å²) < 4.78 is 33.2. The number of rotatable bonds is 7. The van der Waals surface area contributed by atoms with Crippen LogP contribution in [0, 0.1) is 11.6 Å². The Morgan fingerprint density at radius 1 is 1.16 bits per heavy atom. The molecule has 6 heteroatoms. The molecule has 2 aromatic rings. The summed E-state index contributed by atoms with van der Waals surface area (Å²) in [6.07, 6.45) is 0. The van der Waals surface area contributed by atoms with Crippen LogP contribution in [0.2, 0.25) is 0 Å². The van der Waals surface area contributed by atoms with Crippen molar-refractivity contribution in [2.24, 2.45) is 0 Å². The minimum atomic E-state index is -0.630. The second-order valence-corrected chi connectivity index (χ2v) is 5.96. The first-order valence-electron chi connectivity index (χ1n) is 7.90. The minimum absolute atomic E-state index is 0.0547. The molecule has 0 aliphatic carbocycles. The summed E-state index contributed by atoms with van der Waals surface area (Å²) in [5.41, 5.74) is 1.29. The first-order valence-corrected chi connectivity index (χ1v) is 7.90. The molecule has 1 atom stereocenters. The molecule has 2 aromatic carbocycles. The summed E-state index contributed by atoms with van der Waals surface area (Å²) in [4.78, 5) is 14.0. The van der Waals surface area contributed by atoms with Crippen molar-refractivity contribution in [3.8, 4) is 0 Å². The van der Waals surface area contributed by atoms with Gasteiger partial charge in [0.15, 0.2) is 0 Å². The van der Waals surface area contributed by atoms with Gasteiger partial charge in [0.25, 0.3) is 5.91 Å². The number of likely N-dealkylation sites (N-methyl/N-ethyl adjacent to an activating group) is 1. The van der Waals surface area contributed by atoms with E-state index in [1.807, 2.05) is 6.07 Å². The van der Waals surface area contributed by atoms with Gasteiger partial charge in [-0.15, -0.1) is 0 Å². The number of amides is 1. The first kappa shape index (κ1) is 19.0. The molecule has 2 rings (SSSR count). The first-order chi connectivity index (χ1) is 11.9. The lowest BCUT2D eigenvalue weighted by molar-refractivity contribution is 0.0940. The average molecular weight is 348 g/mol. The molecule has 0 bridgehead atoms. The Labute approximate surface area is 146 Å². The molecule has 1 amide bonds. The fourth-order valence-electron chi connectivity index (χ4n) is 2.63. The number of nitrogens with zero attached hydrogens (tertiary/aromatic N) is 1. The molecule has 0 aromatic heterocycles. The second kappa shape index (κ2) is 8.69. The van der Waals surface area contributed by atoms with Crippen LogP contribution < -0.4 is 5.32 Å². The number of nitrogens with one attached hydrogen (secondary N) is 1. The van der Waals surface area contributed by atoms with Gasteiger partial charge in [-0.1, -0.05) is 18.2 Å². The SMILES string of the molecule is COCc1cccc(C(=O)NC[C@H](c2c(F)cccc2F)N(C)C)c1. The highest BCUT2D eigenvalue weighted by Gasteiger charge is 2.23. The maximum absolute atomic E-state index is 14.1. The fraction of sp³-hybridized carbons (Fsp3) is 0.316. The third-order valence-electron chi connectivity index (χ3n) is 3.91. The largest absolute Gasteiger partial charge is 0.380 e. The lowest BCUT2D eigenvalue weighted by Crippen LogP contribution is -2.35. The zero-order chi connectivity index (χ0) is 18.4. The van der Waals surface area contributed by atoms with Crippen molar-refractivity contribution in [2.45, 2.75) is 12.6 Å². The quantitative estimate of drug-likeness (QED) is 0.836. The van der Waals surface area contributed by atoms with E-state index in [0.29, 0.717) is 12.2 Å². The van der Waals surface area contributed by atoms with Gasteiger partial charge in [-0.2, -0.15) is 0 Å². The summed E-state index contributed by atoms with van der Waals surface area (Å²) in [6, 6.07) is 10.2. The molecule has 25 heavy (non-hydrogen) atoms. The van der Waals surface area contributed by atoms with Gasteiger partial charge in [-0.3, -0.25) is 4.79 Å². The Hall–Kier alpha value is -2.31. The van der Waals surface area contributed by atoms with E-state index in [0.717, 1.165) is 5.56 Å². The summed E-state index contributed by atoms with van der Waals surface area (Å²) >= 11 is 0. The number of carbonyl (C=O) groups excluding carboxylic acids is 1. The predicted molar refractivity (Wildman–Crippen MR) is 92.3 cm³/mol. The molecule has 0 radical (unpaired) electrons. The lowest BCUT2D eigenvalue weighted by Gasteiger charge is -2.26. The van der Waals surface area contributed by atoms with Crippen molar-refractivity contribution in [1.29, 1.82) is 0 Å². The van der Waals surface area contributed by atoms with E-state index in [4.69, 9.17) is 4.74 Å². The maximum Gasteiger partial charge on any atom is 0.251 e. The lowest BCUT2D eigenvalue weighted by atomic mass is 10.0. The molecule has 0 saturated heterocycles. The average Bonchev–Trinajstić information content (AvgIpc) is 2.57. The summed E-state index contributed by atoms with van der Waals surface area (Å²) in [6.45, 7) is 0.486. The highest BCUT2D eigenvalue weighted by molar-refractivity contribution is 5.94. The molecule has 0 heterocycles. The van der Waals surface area contributed by atoms with Crippen LogP contribution in [-0.2, 0) is 11.3 Å². The van der Waals surface area contributed by atoms with Crippen molar-refractivity contribution >= 4 is 5.91 Å². The Morgan fingerprint density at radius 3 is 2.40 bits per heavy atom. The number of methoxy groups -OCH3 is 1. The van der Waals surface area contributed by atoms with Gasteiger partial charge in [-0.25, -0.2) is 8.78 Å².